The number of hydrogen-bond donors (Lipinski definition) is 0. The van der Waals surface area contributed by atoms with Gasteiger partial charge in [0, 0.05) is 21.9 Å². The molecular formula is C33H25N. The molecule has 7 rings (SSSR count). The Morgan fingerprint density at radius 2 is 1.21 bits per heavy atom. The molecule has 6 aromatic rings. The van der Waals surface area contributed by atoms with E-state index in [2.05, 4.69) is 134 Å². The van der Waals surface area contributed by atoms with Gasteiger partial charge in [0.25, 0.3) is 0 Å². The van der Waals surface area contributed by atoms with Crippen LogP contribution in [0.3, 0.4) is 0 Å². The second-order valence-corrected chi connectivity index (χ2v) is 9.82. The third-order valence-electron chi connectivity index (χ3n) is 7.59. The highest BCUT2D eigenvalue weighted by Crippen LogP contribution is 2.53. The second-order valence-electron chi connectivity index (χ2n) is 9.82. The monoisotopic (exact) mass is 435 g/mol. The zero-order chi connectivity index (χ0) is 22.9. The van der Waals surface area contributed by atoms with E-state index in [9.17, 15) is 0 Å². The first-order valence-electron chi connectivity index (χ1n) is 12.0. The lowest BCUT2D eigenvalue weighted by Crippen LogP contribution is -2.15. The molecule has 1 nitrogen and oxygen atoms in total. The molecule has 0 bridgehead atoms. The van der Waals surface area contributed by atoms with Crippen molar-refractivity contribution in [3.05, 3.63) is 126 Å². The molecule has 34 heavy (non-hydrogen) atoms. The molecule has 0 N–H and O–H groups in total. The van der Waals surface area contributed by atoms with Gasteiger partial charge in [-0.3, -0.25) is 0 Å². The molecule has 162 valence electrons. The van der Waals surface area contributed by atoms with Crippen LogP contribution in [-0.4, -0.2) is 4.57 Å². The molecule has 1 aliphatic rings. The Morgan fingerprint density at radius 3 is 2.03 bits per heavy atom. The quantitative estimate of drug-likeness (QED) is 0.256. The van der Waals surface area contributed by atoms with E-state index >= 15 is 0 Å². The highest BCUT2D eigenvalue weighted by Gasteiger charge is 2.37. The summed E-state index contributed by atoms with van der Waals surface area (Å²) >= 11 is 0. The number of hydrogen-bond acceptors (Lipinski definition) is 0. The average molecular weight is 436 g/mol. The van der Waals surface area contributed by atoms with Crippen molar-refractivity contribution in [3.63, 3.8) is 0 Å². The Morgan fingerprint density at radius 1 is 0.529 bits per heavy atom. The molecule has 1 aliphatic carbocycles. The molecule has 0 saturated heterocycles. The van der Waals surface area contributed by atoms with Crippen molar-refractivity contribution in [2.75, 3.05) is 0 Å². The lowest BCUT2D eigenvalue weighted by Gasteiger charge is -2.22. The van der Waals surface area contributed by atoms with E-state index in [0.717, 1.165) is 0 Å². The zero-order valence-electron chi connectivity index (χ0n) is 19.4. The van der Waals surface area contributed by atoms with Gasteiger partial charge in [-0.2, -0.15) is 0 Å². The van der Waals surface area contributed by atoms with Crippen molar-refractivity contribution in [2.24, 2.45) is 0 Å². The fraction of sp³-hybridized carbons (Fsp3) is 0.0909. The highest BCUT2D eigenvalue weighted by atomic mass is 15.0. The van der Waals surface area contributed by atoms with E-state index in [-0.39, 0.29) is 5.41 Å². The lowest BCUT2D eigenvalue weighted by molar-refractivity contribution is 0.666. The Hall–Kier alpha value is -4.10. The van der Waals surface area contributed by atoms with Crippen molar-refractivity contribution >= 4 is 21.8 Å². The molecule has 1 aromatic heterocycles. The van der Waals surface area contributed by atoms with Gasteiger partial charge in [0.05, 0.1) is 11.0 Å². The highest BCUT2D eigenvalue weighted by molar-refractivity contribution is 6.14. The number of fused-ring (bicyclic) bond motifs is 7. The first kappa shape index (κ1) is 19.4. The number of aromatic nitrogens is 1. The summed E-state index contributed by atoms with van der Waals surface area (Å²) in [5.41, 5.74) is 11.8. The van der Waals surface area contributed by atoms with E-state index in [1.165, 1.54) is 60.9 Å². The summed E-state index contributed by atoms with van der Waals surface area (Å²) in [6, 6.07) is 41.9. The van der Waals surface area contributed by atoms with Crippen LogP contribution >= 0.6 is 0 Å². The predicted octanol–water partition coefficient (Wildman–Crippen LogP) is 8.76. The predicted molar refractivity (Wildman–Crippen MR) is 144 cm³/mol. The van der Waals surface area contributed by atoms with E-state index in [1.807, 2.05) is 0 Å². The van der Waals surface area contributed by atoms with Gasteiger partial charge in [0.2, 0.25) is 0 Å². The average Bonchev–Trinajstić information content (AvgIpc) is 3.34. The Balaban J connectivity index is 1.52. The number of nitrogens with zero attached hydrogens (tertiary/aromatic N) is 1. The molecule has 0 radical (unpaired) electrons. The maximum atomic E-state index is 2.43. The fourth-order valence-electron chi connectivity index (χ4n) is 6.04. The summed E-state index contributed by atoms with van der Waals surface area (Å²) in [5, 5.41) is 2.70. The van der Waals surface area contributed by atoms with Crippen molar-refractivity contribution in [3.8, 4) is 27.9 Å². The van der Waals surface area contributed by atoms with Gasteiger partial charge in [0.15, 0.2) is 0 Å². The van der Waals surface area contributed by atoms with Crippen molar-refractivity contribution < 1.29 is 0 Å². The standard InChI is InChI=1S/C33H25N/c1-33(2)28-14-8-6-12-25(28)26-20-21-30-31(32(26)33)27-13-7-9-15-29(27)34(30)24-18-16-23(17-19-24)22-10-4-3-5-11-22/h3-21H,1-2H3. The second kappa shape index (κ2) is 6.95. The van der Waals surface area contributed by atoms with Gasteiger partial charge >= 0.3 is 0 Å². The van der Waals surface area contributed by atoms with Crippen LogP contribution in [0.2, 0.25) is 0 Å². The molecule has 5 aromatic carbocycles. The molecule has 0 unspecified atom stereocenters. The van der Waals surface area contributed by atoms with E-state index in [4.69, 9.17) is 0 Å². The number of para-hydroxylation sites is 1. The van der Waals surface area contributed by atoms with Gasteiger partial charge in [-0.15, -0.1) is 0 Å². The maximum absolute atomic E-state index is 2.43. The van der Waals surface area contributed by atoms with Crippen molar-refractivity contribution in [1.82, 2.24) is 4.57 Å². The van der Waals surface area contributed by atoms with Gasteiger partial charge in [-0.25, -0.2) is 0 Å². The minimum Gasteiger partial charge on any atom is -0.309 e. The van der Waals surface area contributed by atoms with Crippen LogP contribution in [0.5, 0.6) is 0 Å². The molecule has 0 amide bonds. The summed E-state index contributed by atoms with van der Waals surface area (Å²) in [6.45, 7) is 4.75. The number of benzene rings is 5. The van der Waals surface area contributed by atoms with Gasteiger partial charge in [-0.05, 0) is 57.6 Å². The van der Waals surface area contributed by atoms with Crippen LogP contribution < -0.4 is 0 Å². The largest absolute Gasteiger partial charge is 0.309 e. The molecule has 0 atom stereocenters. The fourth-order valence-corrected chi connectivity index (χ4v) is 6.04. The van der Waals surface area contributed by atoms with Crippen LogP contribution in [0.25, 0.3) is 49.7 Å². The van der Waals surface area contributed by atoms with Crippen molar-refractivity contribution in [2.45, 2.75) is 19.3 Å². The Labute approximate surface area is 199 Å². The topological polar surface area (TPSA) is 4.93 Å². The van der Waals surface area contributed by atoms with Gasteiger partial charge < -0.3 is 4.57 Å². The molecule has 1 heteroatoms. The maximum Gasteiger partial charge on any atom is 0.0544 e. The van der Waals surface area contributed by atoms with E-state index < -0.39 is 0 Å². The van der Waals surface area contributed by atoms with Crippen LogP contribution in [0, 0.1) is 0 Å². The molecule has 0 fully saturated rings. The summed E-state index contributed by atoms with van der Waals surface area (Å²) in [5.74, 6) is 0. The van der Waals surface area contributed by atoms with Crippen LogP contribution in [-0.2, 0) is 5.41 Å². The Bertz CT molecular complexity index is 1700. The van der Waals surface area contributed by atoms with Gasteiger partial charge in [0.1, 0.15) is 0 Å². The molecule has 0 saturated carbocycles. The minimum atomic E-state index is -0.0441. The smallest absolute Gasteiger partial charge is 0.0544 e. The summed E-state index contributed by atoms with van der Waals surface area (Å²) in [7, 11) is 0. The lowest BCUT2D eigenvalue weighted by atomic mass is 9.80. The van der Waals surface area contributed by atoms with E-state index in [0.29, 0.717) is 0 Å². The molecule has 0 aliphatic heterocycles. The molecule has 1 heterocycles. The summed E-state index contributed by atoms with van der Waals surface area (Å²) < 4.78 is 2.43. The third kappa shape index (κ3) is 2.55. The SMILES string of the molecule is CC1(C)c2ccccc2-c2ccc3c(c21)c1ccccc1n3-c1ccc(-c2ccccc2)cc1. The summed E-state index contributed by atoms with van der Waals surface area (Å²) in [4.78, 5) is 0. The zero-order valence-corrected chi connectivity index (χ0v) is 19.4. The normalized spacial score (nSPS) is 13.8. The van der Waals surface area contributed by atoms with Crippen LogP contribution in [0.1, 0.15) is 25.0 Å². The number of rotatable bonds is 2. The summed E-state index contributed by atoms with van der Waals surface area (Å²) in [6.07, 6.45) is 0. The van der Waals surface area contributed by atoms with Crippen LogP contribution in [0.15, 0.2) is 115 Å². The first-order chi connectivity index (χ1) is 16.6. The van der Waals surface area contributed by atoms with E-state index in [1.54, 1.807) is 0 Å². The third-order valence-corrected chi connectivity index (χ3v) is 7.59. The molecular weight excluding hydrogens is 410 g/mol. The minimum absolute atomic E-state index is 0.0441. The van der Waals surface area contributed by atoms with Gasteiger partial charge in [-0.1, -0.05) is 105 Å². The first-order valence-corrected chi connectivity index (χ1v) is 12.0. The molecule has 0 spiro atoms. The Kier molecular flexibility index (Phi) is 3.96. The van der Waals surface area contributed by atoms with Crippen LogP contribution in [0.4, 0.5) is 0 Å². The van der Waals surface area contributed by atoms with Crippen molar-refractivity contribution in [1.29, 1.82) is 0 Å².